The van der Waals surface area contributed by atoms with E-state index in [2.05, 4.69) is 23.1 Å². The van der Waals surface area contributed by atoms with Crippen LogP contribution in [0.4, 0.5) is 10.5 Å². The van der Waals surface area contributed by atoms with Crippen molar-refractivity contribution >= 4 is 23.6 Å². The molecule has 1 unspecified atom stereocenters. The highest BCUT2D eigenvalue weighted by atomic mass is 16.6. The number of hydrogen-bond donors (Lipinski definition) is 2. The van der Waals surface area contributed by atoms with Gasteiger partial charge in [0.1, 0.15) is 23.9 Å². The van der Waals surface area contributed by atoms with Crippen LogP contribution in [0.5, 0.6) is 5.75 Å². The molecule has 0 bridgehead atoms. The van der Waals surface area contributed by atoms with E-state index in [9.17, 15) is 14.4 Å². The summed E-state index contributed by atoms with van der Waals surface area (Å²) in [5.74, 6) is 2.21. The smallest absolute Gasteiger partial charge is 0.408 e. The van der Waals surface area contributed by atoms with Crippen LogP contribution in [0.2, 0.25) is 0 Å². The number of alkyl carbamates (subject to hydrolysis) is 1. The molecule has 8 heteroatoms. The van der Waals surface area contributed by atoms with Crippen LogP contribution in [0.3, 0.4) is 0 Å². The Morgan fingerprint density at radius 3 is 2.37 bits per heavy atom. The van der Waals surface area contributed by atoms with E-state index >= 15 is 0 Å². The van der Waals surface area contributed by atoms with Gasteiger partial charge in [-0.3, -0.25) is 9.59 Å². The van der Waals surface area contributed by atoms with Gasteiger partial charge in [0, 0.05) is 17.8 Å². The van der Waals surface area contributed by atoms with Gasteiger partial charge >= 0.3 is 6.09 Å². The van der Waals surface area contributed by atoms with Crippen LogP contribution in [-0.2, 0) is 14.3 Å². The third kappa shape index (κ3) is 7.93. The number of hydrogen-bond acceptors (Lipinski definition) is 5. The van der Waals surface area contributed by atoms with Crippen LogP contribution in [0.15, 0.2) is 61.2 Å². The standard InChI is InChI=1S/C27H31N3O5/c1-7-17-30(23(31)18-28-26(33)35-27(3,4)5)24(22-12-10-9-11-19(22)8-2)25(32)29-20-13-15-21(34-6)16-14-20/h2,7,9-16,24H,1,17-18H2,3-6H3,(H,28,33)(H,29,32). The van der Waals surface area contributed by atoms with Gasteiger partial charge in [0.05, 0.1) is 7.11 Å². The van der Waals surface area contributed by atoms with Crippen molar-refractivity contribution in [1.82, 2.24) is 10.2 Å². The van der Waals surface area contributed by atoms with Crippen LogP contribution < -0.4 is 15.4 Å². The van der Waals surface area contributed by atoms with Gasteiger partial charge in [-0.2, -0.15) is 0 Å². The topological polar surface area (TPSA) is 97.0 Å². The summed E-state index contributed by atoms with van der Waals surface area (Å²) in [4.78, 5) is 40.1. The molecule has 3 amide bonds. The maximum atomic E-state index is 13.5. The lowest BCUT2D eigenvalue weighted by molar-refractivity contribution is -0.137. The second-order valence-corrected chi connectivity index (χ2v) is 8.54. The summed E-state index contributed by atoms with van der Waals surface area (Å²) in [5.41, 5.74) is 0.718. The molecule has 0 aliphatic carbocycles. The van der Waals surface area contributed by atoms with Gasteiger partial charge in [-0.1, -0.05) is 30.2 Å². The largest absolute Gasteiger partial charge is 0.497 e. The minimum Gasteiger partial charge on any atom is -0.497 e. The first kappa shape index (κ1) is 27.0. The fourth-order valence-corrected chi connectivity index (χ4v) is 3.26. The average Bonchev–Trinajstić information content (AvgIpc) is 2.82. The molecule has 8 nitrogen and oxygen atoms in total. The number of nitrogens with one attached hydrogen (secondary N) is 2. The van der Waals surface area contributed by atoms with Gasteiger partial charge in [0.2, 0.25) is 5.91 Å². The van der Waals surface area contributed by atoms with Crippen LogP contribution >= 0.6 is 0 Å². The number of ether oxygens (including phenoxy) is 2. The third-order valence-corrected chi connectivity index (χ3v) is 4.76. The van der Waals surface area contributed by atoms with Crippen molar-refractivity contribution in [1.29, 1.82) is 0 Å². The molecule has 0 saturated heterocycles. The van der Waals surface area contributed by atoms with Crippen LogP contribution in [0.25, 0.3) is 0 Å². The third-order valence-electron chi connectivity index (χ3n) is 4.76. The number of benzene rings is 2. The molecule has 0 saturated carbocycles. The van der Waals surface area contributed by atoms with Gasteiger partial charge in [0.15, 0.2) is 0 Å². The van der Waals surface area contributed by atoms with Crippen molar-refractivity contribution in [3.8, 4) is 18.1 Å². The number of carbonyl (C=O) groups is 3. The molecule has 2 N–H and O–H groups in total. The molecule has 0 aliphatic heterocycles. The molecule has 2 aromatic carbocycles. The molecule has 0 spiro atoms. The number of carbonyl (C=O) groups excluding carboxylic acids is 3. The predicted octanol–water partition coefficient (Wildman–Crippen LogP) is 3.90. The Morgan fingerprint density at radius 1 is 1.14 bits per heavy atom. The maximum Gasteiger partial charge on any atom is 0.408 e. The second kappa shape index (κ2) is 12.3. The highest BCUT2D eigenvalue weighted by Crippen LogP contribution is 2.27. The number of nitrogens with zero attached hydrogens (tertiary/aromatic N) is 1. The van der Waals surface area contributed by atoms with Gasteiger partial charge < -0.3 is 25.0 Å². The molecule has 1 atom stereocenters. The Hall–Kier alpha value is -4.25. The predicted molar refractivity (Wildman–Crippen MR) is 135 cm³/mol. The minimum atomic E-state index is -1.09. The minimum absolute atomic E-state index is 0.0361. The Kier molecular flexibility index (Phi) is 9.47. The molecule has 2 aromatic rings. The molecular formula is C27H31N3O5. The summed E-state index contributed by atoms with van der Waals surface area (Å²) in [6.45, 7) is 8.52. The van der Waals surface area contributed by atoms with Crippen molar-refractivity contribution in [2.24, 2.45) is 0 Å². The highest BCUT2D eigenvalue weighted by Gasteiger charge is 2.32. The Balaban J connectivity index is 2.38. The van der Waals surface area contributed by atoms with Crippen LogP contribution in [-0.4, -0.2) is 48.6 Å². The number of anilines is 1. The van der Waals surface area contributed by atoms with E-state index in [0.717, 1.165) is 0 Å². The first-order chi connectivity index (χ1) is 16.6. The summed E-state index contributed by atoms with van der Waals surface area (Å²) in [6.07, 6.45) is 6.44. The molecule has 0 radical (unpaired) electrons. The molecule has 0 aromatic heterocycles. The van der Waals surface area contributed by atoms with Crippen molar-refractivity contribution in [3.63, 3.8) is 0 Å². The van der Waals surface area contributed by atoms with E-state index in [4.69, 9.17) is 15.9 Å². The van der Waals surface area contributed by atoms with Crippen LogP contribution in [0, 0.1) is 12.3 Å². The monoisotopic (exact) mass is 477 g/mol. The van der Waals surface area contributed by atoms with E-state index in [1.165, 1.54) is 11.0 Å². The van der Waals surface area contributed by atoms with E-state index < -0.39 is 29.6 Å². The fourth-order valence-electron chi connectivity index (χ4n) is 3.26. The Bertz CT molecular complexity index is 1100. The van der Waals surface area contributed by atoms with Crippen molar-refractivity contribution < 1.29 is 23.9 Å². The quantitative estimate of drug-likeness (QED) is 0.422. The zero-order chi connectivity index (χ0) is 26.0. The molecule has 0 fully saturated rings. The van der Waals surface area contributed by atoms with Gasteiger partial charge in [-0.05, 0) is 56.7 Å². The van der Waals surface area contributed by atoms with Crippen molar-refractivity contribution in [2.75, 3.05) is 25.5 Å². The first-order valence-electron chi connectivity index (χ1n) is 11.0. The number of terminal acetylenes is 1. The average molecular weight is 478 g/mol. The zero-order valence-corrected chi connectivity index (χ0v) is 20.5. The fraction of sp³-hybridized carbons (Fsp3) is 0.296. The SMILES string of the molecule is C#Cc1ccccc1C(C(=O)Nc1ccc(OC)cc1)N(CC=C)C(=O)CNC(=O)OC(C)(C)C. The molecule has 0 aliphatic rings. The van der Waals surface area contributed by atoms with Crippen LogP contribution in [0.1, 0.15) is 37.9 Å². The Labute approximate surface area is 206 Å². The maximum absolute atomic E-state index is 13.5. The highest BCUT2D eigenvalue weighted by molar-refractivity contribution is 5.98. The summed E-state index contributed by atoms with van der Waals surface area (Å²) >= 11 is 0. The Morgan fingerprint density at radius 2 is 1.80 bits per heavy atom. The normalized spacial score (nSPS) is 11.4. The van der Waals surface area contributed by atoms with Crippen molar-refractivity contribution in [2.45, 2.75) is 32.4 Å². The summed E-state index contributed by atoms with van der Waals surface area (Å²) in [5, 5.41) is 5.27. The van der Waals surface area contributed by atoms with Gasteiger partial charge in [-0.15, -0.1) is 13.0 Å². The zero-order valence-electron chi connectivity index (χ0n) is 20.5. The molecule has 184 valence electrons. The lowest BCUT2D eigenvalue weighted by atomic mass is 9.98. The summed E-state index contributed by atoms with van der Waals surface area (Å²) in [6, 6.07) is 12.6. The van der Waals surface area contributed by atoms with E-state index in [-0.39, 0.29) is 13.1 Å². The lowest BCUT2D eigenvalue weighted by Gasteiger charge is -2.31. The van der Waals surface area contributed by atoms with Gasteiger partial charge in [-0.25, -0.2) is 4.79 Å². The molecule has 0 heterocycles. The van der Waals surface area contributed by atoms with E-state index in [0.29, 0.717) is 22.6 Å². The number of amides is 3. The summed E-state index contributed by atoms with van der Waals surface area (Å²) < 4.78 is 10.4. The molecule has 2 rings (SSSR count). The molecular weight excluding hydrogens is 446 g/mol. The summed E-state index contributed by atoms with van der Waals surface area (Å²) in [7, 11) is 1.55. The number of methoxy groups -OCH3 is 1. The molecule has 35 heavy (non-hydrogen) atoms. The van der Waals surface area contributed by atoms with E-state index in [1.54, 1.807) is 76.4 Å². The lowest BCUT2D eigenvalue weighted by Crippen LogP contribution is -2.46. The first-order valence-corrected chi connectivity index (χ1v) is 11.0. The second-order valence-electron chi connectivity index (χ2n) is 8.54. The van der Waals surface area contributed by atoms with Crippen molar-refractivity contribution in [3.05, 3.63) is 72.3 Å². The number of rotatable bonds is 9. The van der Waals surface area contributed by atoms with Gasteiger partial charge in [0.25, 0.3) is 5.91 Å². The van der Waals surface area contributed by atoms with E-state index in [1.807, 2.05) is 0 Å².